The van der Waals surface area contributed by atoms with Gasteiger partial charge in [-0.15, -0.1) is 0 Å². The van der Waals surface area contributed by atoms with Gasteiger partial charge in [-0.05, 0) is 72.5 Å². The molecule has 0 aromatic carbocycles. The minimum atomic E-state index is 0.441. The van der Waals surface area contributed by atoms with Gasteiger partial charge in [0.25, 0.3) is 0 Å². The normalized spacial score (nSPS) is 51.2. The third-order valence-corrected chi connectivity index (χ3v) is 8.43. The van der Waals surface area contributed by atoms with Gasteiger partial charge in [-0.25, -0.2) is 0 Å². The van der Waals surface area contributed by atoms with E-state index >= 15 is 0 Å². The first-order chi connectivity index (χ1) is 8.66. The third kappa shape index (κ3) is 1.50. The zero-order valence-corrected chi connectivity index (χ0v) is 13.7. The fourth-order valence-electron chi connectivity index (χ4n) is 6.95. The minimum Gasteiger partial charge on any atom is -0.0793 e. The summed E-state index contributed by atoms with van der Waals surface area (Å²) >= 11 is 0. The molecular formula is C17H30B2. The summed E-state index contributed by atoms with van der Waals surface area (Å²) in [4.78, 5) is 0. The largest absolute Gasteiger partial charge is 0.0999 e. The highest BCUT2D eigenvalue weighted by atomic mass is 14.7. The molecule has 0 N–H and O–H groups in total. The first-order valence-corrected chi connectivity index (χ1v) is 8.66. The summed E-state index contributed by atoms with van der Waals surface area (Å²) in [6.07, 6.45) is 11.1. The van der Waals surface area contributed by atoms with Gasteiger partial charge in [0, 0.05) is 0 Å². The molecule has 4 fully saturated rings. The first-order valence-electron chi connectivity index (χ1n) is 8.66. The highest BCUT2D eigenvalue weighted by Gasteiger charge is 2.70. The second-order valence-corrected chi connectivity index (χ2v) is 10.6. The van der Waals surface area contributed by atoms with E-state index in [1.165, 1.54) is 6.42 Å². The van der Waals surface area contributed by atoms with Crippen LogP contribution in [0.15, 0.2) is 0 Å². The molecule has 3 bridgehead atoms. The lowest BCUT2D eigenvalue weighted by Crippen LogP contribution is -2.42. The molecule has 4 aliphatic rings. The summed E-state index contributed by atoms with van der Waals surface area (Å²) in [5, 5.41) is 0.486. The van der Waals surface area contributed by atoms with E-state index in [1.807, 2.05) is 0 Å². The Morgan fingerprint density at radius 3 is 2.42 bits per heavy atom. The van der Waals surface area contributed by atoms with Gasteiger partial charge in [-0.3, -0.25) is 0 Å². The SMILES string of the molecule is BC(B)(CC12CC3CC4CC(C1)C4(C3)C2)C(C)(C)C. The Hall–Kier alpha value is 0.130. The summed E-state index contributed by atoms with van der Waals surface area (Å²) < 4.78 is 0. The van der Waals surface area contributed by atoms with Crippen LogP contribution in [-0.2, 0) is 0 Å². The van der Waals surface area contributed by atoms with Crippen LogP contribution in [0.2, 0.25) is 5.21 Å². The summed E-state index contributed by atoms with van der Waals surface area (Å²) in [7, 11) is 5.07. The standard InChI is InChI=1S/C17H30B2/c1-14(2,3)17(18,19)10-15-6-11-4-12-5-13(8-15)16(12,7-11)9-15/h11-13H,4-10,18-19H2,1-3H3. The van der Waals surface area contributed by atoms with Crippen molar-refractivity contribution in [3.63, 3.8) is 0 Å². The van der Waals surface area contributed by atoms with Crippen LogP contribution in [0.1, 0.15) is 65.7 Å². The molecule has 2 heteroatoms. The van der Waals surface area contributed by atoms with E-state index in [0.717, 1.165) is 28.6 Å². The molecule has 0 aliphatic heterocycles. The Balaban J connectivity index is 1.63. The molecule has 0 radical (unpaired) electrons. The Labute approximate surface area is 121 Å². The van der Waals surface area contributed by atoms with Gasteiger partial charge in [-0.2, -0.15) is 0 Å². The van der Waals surface area contributed by atoms with Crippen molar-refractivity contribution < 1.29 is 0 Å². The van der Waals surface area contributed by atoms with Gasteiger partial charge < -0.3 is 0 Å². The Kier molecular flexibility index (Phi) is 2.23. The van der Waals surface area contributed by atoms with Crippen molar-refractivity contribution in [1.29, 1.82) is 0 Å². The third-order valence-electron chi connectivity index (χ3n) is 8.43. The van der Waals surface area contributed by atoms with Crippen molar-refractivity contribution in [3.05, 3.63) is 0 Å². The average molecular weight is 256 g/mol. The van der Waals surface area contributed by atoms with Gasteiger partial charge >= 0.3 is 0 Å². The van der Waals surface area contributed by atoms with Crippen LogP contribution in [-0.4, -0.2) is 15.7 Å². The molecule has 4 saturated carbocycles. The fraction of sp³-hybridized carbons (Fsp3) is 1.00. The zero-order chi connectivity index (χ0) is 13.7. The van der Waals surface area contributed by atoms with Crippen molar-refractivity contribution in [1.82, 2.24) is 0 Å². The Morgan fingerprint density at radius 1 is 1.00 bits per heavy atom. The maximum Gasteiger partial charge on any atom is 0.0999 e. The number of hydrogen-bond donors (Lipinski definition) is 0. The number of hydrogen-bond acceptors (Lipinski definition) is 0. The van der Waals surface area contributed by atoms with Crippen LogP contribution < -0.4 is 0 Å². The molecule has 0 aromatic heterocycles. The zero-order valence-electron chi connectivity index (χ0n) is 13.7. The average Bonchev–Trinajstić information content (AvgIpc) is 2.52. The van der Waals surface area contributed by atoms with E-state index in [0.29, 0.717) is 10.6 Å². The molecule has 4 rings (SSSR count). The van der Waals surface area contributed by atoms with Crippen LogP contribution in [0.3, 0.4) is 0 Å². The number of fused-ring (bicyclic) bond motifs is 2. The lowest BCUT2D eigenvalue weighted by molar-refractivity contribution is -0.00379. The molecular weight excluding hydrogens is 226 g/mol. The monoisotopic (exact) mass is 256 g/mol. The van der Waals surface area contributed by atoms with Gasteiger partial charge in [0.1, 0.15) is 0 Å². The quantitative estimate of drug-likeness (QED) is 0.666. The molecule has 0 amide bonds. The molecule has 5 atom stereocenters. The first kappa shape index (κ1) is 12.8. The molecule has 1 spiro atoms. The minimum absolute atomic E-state index is 0.441. The summed E-state index contributed by atoms with van der Waals surface area (Å²) in [5.74, 6) is 3.41. The fourth-order valence-corrected chi connectivity index (χ4v) is 6.95. The predicted molar refractivity (Wildman–Crippen MR) is 86.9 cm³/mol. The smallest absolute Gasteiger partial charge is 0.0793 e. The Morgan fingerprint density at radius 2 is 1.74 bits per heavy atom. The van der Waals surface area contributed by atoms with Crippen LogP contribution in [0.5, 0.6) is 0 Å². The van der Waals surface area contributed by atoms with Crippen LogP contribution in [0.4, 0.5) is 0 Å². The molecule has 104 valence electrons. The number of rotatable bonds is 2. The lowest BCUT2D eigenvalue weighted by atomic mass is 9.39. The summed E-state index contributed by atoms with van der Waals surface area (Å²) in [6, 6.07) is 0. The van der Waals surface area contributed by atoms with E-state index in [9.17, 15) is 0 Å². The molecule has 4 aliphatic carbocycles. The Bertz CT molecular complexity index is 417. The van der Waals surface area contributed by atoms with Crippen molar-refractivity contribution in [2.45, 2.75) is 70.9 Å². The van der Waals surface area contributed by atoms with Crippen LogP contribution >= 0.6 is 0 Å². The highest BCUT2D eigenvalue weighted by Crippen LogP contribution is 2.80. The maximum absolute atomic E-state index is 2.54. The molecule has 0 nitrogen and oxygen atoms in total. The van der Waals surface area contributed by atoms with Gasteiger partial charge in [-0.1, -0.05) is 32.4 Å². The van der Waals surface area contributed by atoms with Gasteiger partial charge in [0.05, 0.1) is 15.7 Å². The van der Waals surface area contributed by atoms with Crippen LogP contribution in [0.25, 0.3) is 0 Å². The van der Waals surface area contributed by atoms with Gasteiger partial charge in [0.2, 0.25) is 0 Å². The molecule has 0 heterocycles. The van der Waals surface area contributed by atoms with E-state index in [4.69, 9.17) is 0 Å². The molecule has 0 saturated heterocycles. The molecule has 5 unspecified atom stereocenters. The van der Waals surface area contributed by atoms with E-state index in [2.05, 4.69) is 36.5 Å². The summed E-state index contributed by atoms with van der Waals surface area (Å²) in [5.41, 5.74) is 2.06. The predicted octanol–water partition coefficient (Wildman–Crippen LogP) is 3.02. The second-order valence-electron chi connectivity index (χ2n) is 10.6. The summed E-state index contributed by atoms with van der Waals surface area (Å²) in [6.45, 7) is 7.35. The lowest BCUT2D eigenvalue weighted by Gasteiger charge is -2.50. The van der Waals surface area contributed by atoms with Crippen molar-refractivity contribution >= 4 is 15.7 Å². The topological polar surface area (TPSA) is 0 Å². The van der Waals surface area contributed by atoms with E-state index in [-0.39, 0.29) is 0 Å². The second kappa shape index (κ2) is 3.30. The van der Waals surface area contributed by atoms with Crippen molar-refractivity contribution in [2.75, 3.05) is 0 Å². The molecule has 0 aromatic rings. The van der Waals surface area contributed by atoms with E-state index in [1.54, 1.807) is 38.5 Å². The van der Waals surface area contributed by atoms with E-state index < -0.39 is 0 Å². The van der Waals surface area contributed by atoms with Gasteiger partial charge in [0.15, 0.2) is 0 Å². The van der Waals surface area contributed by atoms with Crippen molar-refractivity contribution in [2.24, 2.45) is 34.0 Å². The van der Waals surface area contributed by atoms with Crippen molar-refractivity contribution in [3.8, 4) is 0 Å². The van der Waals surface area contributed by atoms with Crippen LogP contribution in [0, 0.1) is 34.0 Å². The maximum atomic E-state index is 2.54. The highest BCUT2D eigenvalue weighted by molar-refractivity contribution is 6.40. The molecule has 19 heavy (non-hydrogen) atoms.